The first kappa shape index (κ1) is 9.25. The molecule has 0 bridgehead atoms. The van der Waals surface area contributed by atoms with Crippen molar-refractivity contribution in [1.29, 1.82) is 0 Å². The molecule has 1 heterocycles. The van der Waals surface area contributed by atoms with E-state index >= 15 is 0 Å². The number of likely N-dealkylation sites (tertiary alicyclic amines) is 1. The Morgan fingerprint density at radius 3 is 2.75 bits per heavy atom. The van der Waals surface area contributed by atoms with Crippen LogP contribution in [0.1, 0.15) is 6.42 Å². The molecule has 4 nitrogen and oxygen atoms in total. The van der Waals surface area contributed by atoms with Gasteiger partial charge in [-0.2, -0.15) is 0 Å². The van der Waals surface area contributed by atoms with E-state index in [0.29, 0.717) is 13.0 Å². The SMILES string of the molecule is O=C(O)N1CC[C@H](CO)[C@H](F)C1. The van der Waals surface area contributed by atoms with Crippen LogP contribution in [-0.2, 0) is 0 Å². The molecule has 1 aliphatic heterocycles. The van der Waals surface area contributed by atoms with E-state index < -0.39 is 12.3 Å². The van der Waals surface area contributed by atoms with Crippen molar-refractivity contribution in [2.24, 2.45) is 5.92 Å². The number of alkyl halides is 1. The number of aliphatic hydroxyl groups excluding tert-OH is 1. The molecule has 0 unspecified atom stereocenters. The van der Waals surface area contributed by atoms with Crippen molar-refractivity contribution in [1.82, 2.24) is 4.90 Å². The first-order valence-electron chi connectivity index (χ1n) is 3.88. The highest BCUT2D eigenvalue weighted by atomic mass is 19.1. The maximum absolute atomic E-state index is 13.0. The zero-order valence-electron chi connectivity index (χ0n) is 6.61. The molecule has 0 spiro atoms. The molecule has 12 heavy (non-hydrogen) atoms. The third kappa shape index (κ3) is 1.85. The summed E-state index contributed by atoms with van der Waals surface area (Å²) in [6.45, 7) is 0.0101. The van der Waals surface area contributed by atoms with E-state index in [1.54, 1.807) is 0 Å². The molecule has 1 amide bonds. The van der Waals surface area contributed by atoms with Crippen LogP contribution in [0.3, 0.4) is 0 Å². The van der Waals surface area contributed by atoms with Crippen molar-refractivity contribution in [2.75, 3.05) is 19.7 Å². The number of amides is 1. The maximum atomic E-state index is 13.0. The van der Waals surface area contributed by atoms with E-state index in [-0.39, 0.29) is 19.1 Å². The minimum Gasteiger partial charge on any atom is -0.465 e. The van der Waals surface area contributed by atoms with Crippen LogP contribution in [0.5, 0.6) is 0 Å². The molecule has 70 valence electrons. The fraction of sp³-hybridized carbons (Fsp3) is 0.857. The lowest BCUT2D eigenvalue weighted by Gasteiger charge is -2.31. The Bertz CT molecular complexity index is 176. The molecule has 1 rings (SSSR count). The molecule has 0 radical (unpaired) electrons. The van der Waals surface area contributed by atoms with Gasteiger partial charge in [0.25, 0.3) is 0 Å². The van der Waals surface area contributed by atoms with Crippen LogP contribution < -0.4 is 0 Å². The Morgan fingerprint density at radius 2 is 2.33 bits per heavy atom. The Balaban J connectivity index is 2.46. The second-order valence-corrected chi connectivity index (χ2v) is 2.98. The van der Waals surface area contributed by atoms with E-state index in [2.05, 4.69) is 0 Å². The molecule has 2 N–H and O–H groups in total. The predicted molar refractivity (Wildman–Crippen MR) is 39.7 cm³/mol. The van der Waals surface area contributed by atoms with Crippen LogP contribution in [0.15, 0.2) is 0 Å². The minimum atomic E-state index is -1.22. The molecule has 0 aliphatic carbocycles. The van der Waals surface area contributed by atoms with Crippen LogP contribution in [0.4, 0.5) is 9.18 Å². The molecular weight excluding hydrogens is 165 g/mol. The van der Waals surface area contributed by atoms with Gasteiger partial charge in [-0.3, -0.25) is 0 Å². The van der Waals surface area contributed by atoms with Gasteiger partial charge in [0, 0.05) is 19.1 Å². The molecule has 0 saturated carbocycles. The summed E-state index contributed by atoms with van der Waals surface area (Å²) in [6, 6.07) is 0. The molecule has 1 saturated heterocycles. The van der Waals surface area contributed by atoms with Crippen LogP contribution >= 0.6 is 0 Å². The van der Waals surface area contributed by atoms with Gasteiger partial charge < -0.3 is 15.1 Å². The highest BCUT2D eigenvalue weighted by Crippen LogP contribution is 2.19. The first-order chi connectivity index (χ1) is 5.65. The average molecular weight is 177 g/mol. The quantitative estimate of drug-likeness (QED) is 0.606. The number of aliphatic hydroxyl groups is 1. The standard InChI is InChI=1S/C7H12FNO3/c8-6-3-9(7(11)12)2-1-5(6)4-10/h5-6,10H,1-4H2,(H,11,12)/t5-,6-/m1/s1. The third-order valence-electron chi connectivity index (χ3n) is 2.18. The number of nitrogens with zero attached hydrogens (tertiary/aromatic N) is 1. The smallest absolute Gasteiger partial charge is 0.407 e. The molecule has 0 aromatic heterocycles. The van der Waals surface area contributed by atoms with Gasteiger partial charge in [0.05, 0.1) is 6.54 Å². The van der Waals surface area contributed by atoms with Gasteiger partial charge in [0.15, 0.2) is 0 Å². The molecule has 5 heteroatoms. The van der Waals surface area contributed by atoms with Crippen LogP contribution in [0.2, 0.25) is 0 Å². The Labute approximate surface area is 69.6 Å². The zero-order chi connectivity index (χ0) is 9.14. The fourth-order valence-electron chi connectivity index (χ4n) is 1.33. The summed E-state index contributed by atoms with van der Waals surface area (Å²) in [4.78, 5) is 11.4. The second-order valence-electron chi connectivity index (χ2n) is 2.98. The van der Waals surface area contributed by atoms with Gasteiger partial charge in [-0.1, -0.05) is 0 Å². The minimum absolute atomic E-state index is 0.111. The number of carboxylic acid groups (broad SMARTS) is 1. The number of carbonyl (C=O) groups is 1. The molecule has 0 aromatic carbocycles. The van der Waals surface area contributed by atoms with Gasteiger partial charge in [-0.15, -0.1) is 0 Å². The summed E-state index contributed by atoms with van der Waals surface area (Å²) < 4.78 is 13.0. The molecular formula is C7H12FNO3. The van der Waals surface area contributed by atoms with Crippen LogP contribution in [0, 0.1) is 5.92 Å². The summed E-state index contributed by atoms with van der Waals surface area (Å²) in [5.74, 6) is -0.388. The number of piperidine rings is 1. The summed E-state index contributed by atoms with van der Waals surface area (Å²) in [6.07, 6.45) is -1.90. The highest BCUT2D eigenvalue weighted by molar-refractivity contribution is 5.65. The van der Waals surface area contributed by atoms with Crippen LogP contribution in [0.25, 0.3) is 0 Å². The number of hydrogen-bond donors (Lipinski definition) is 2. The van der Waals surface area contributed by atoms with Crippen molar-refractivity contribution in [3.63, 3.8) is 0 Å². The van der Waals surface area contributed by atoms with E-state index in [1.807, 2.05) is 0 Å². The van der Waals surface area contributed by atoms with Crippen molar-refractivity contribution >= 4 is 6.09 Å². The number of hydrogen-bond acceptors (Lipinski definition) is 2. The number of halogens is 1. The van der Waals surface area contributed by atoms with E-state index in [9.17, 15) is 9.18 Å². The van der Waals surface area contributed by atoms with Crippen molar-refractivity contribution in [3.8, 4) is 0 Å². The Kier molecular flexibility index (Phi) is 2.86. The molecule has 1 fully saturated rings. The first-order valence-corrected chi connectivity index (χ1v) is 3.88. The van der Waals surface area contributed by atoms with Crippen molar-refractivity contribution in [3.05, 3.63) is 0 Å². The summed E-state index contributed by atoms with van der Waals surface area (Å²) in [5.41, 5.74) is 0. The molecule has 0 aromatic rings. The Hall–Kier alpha value is -0.840. The lowest BCUT2D eigenvalue weighted by atomic mass is 9.96. The van der Waals surface area contributed by atoms with E-state index in [0.717, 1.165) is 4.90 Å². The second kappa shape index (κ2) is 3.71. The monoisotopic (exact) mass is 177 g/mol. The Morgan fingerprint density at radius 1 is 1.67 bits per heavy atom. The maximum Gasteiger partial charge on any atom is 0.407 e. The third-order valence-corrected chi connectivity index (χ3v) is 2.18. The van der Waals surface area contributed by atoms with Crippen molar-refractivity contribution in [2.45, 2.75) is 12.6 Å². The van der Waals surface area contributed by atoms with E-state index in [4.69, 9.17) is 10.2 Å². The average Bonchev–Trinajstić information content (AvgIpc) is 2.04. The summed E-state index contributed by atoms with van der Waals surface area (Å²) in [5, 5.41) is 17.2. The molecule has 1 aliphatic rings. The van der Waals surface area contributed by atoms with Gasteiger partial charge in [-0.05, 0) is 6.42 Å². The highest BCUT2D eigenvalue weighted by Gasteiger charge is 2.30. The van der Waals surface area contributed by atoms with Crippen LogP contribution in [-0.4, -0.2) is 47.1 Å². The molecule has 2 atom stereocenters. The van der Waals surface area contributed by atoms with Gasteiger partial charge >= 0.3 is 6.09 Å². The fourth-order valence-corrected chi connectivity index (χ4v) is 1.33. The normalized spacial score (nSPS) is 30.3. The lowest BCUT2D eigenvalue weighted by molar-refractivity contribution is 0.0497. The van der Waals surface area contributed by atoms with Crippen molar-refractivity contribution < 1.29 is 19.4 Å². The number of rotatable bonds is 1. The van der Waals surface area contributed by atoms with Gasteiger partial charge in [0.2, 0.25) is 0 Å². The predicted octanol–water partition coefficient (Wildman–Crippen LogP) is 0.317. The largest absolute Gasteiger partial charge is 0.465 e. The van der Waals surface area contributed by atoms with E-state index in [1.165, 1.54) is 0 Å². The van der Waals surface area contributed by atoms with Gasteiger partial charge in [-0.25, -0.2) is 9.18 Å². The van der Waals surface area contributed by atoms with Gasteiger partial charge in [0.1, 0.15) is 6.17 Å². The topological polar surface area (TPSA) is 60.8 Å². The zero-order valence-corrected chi connectivity index (χ0v) is 6.61. The lowest BCUT2D eigenvalue weighted by Crippen LogP contribution is -2.45. The summed E-state index contributed by atoms with van der Waals surface area (Å²) >= 11 is 0. The summed E-state index contributed by atoms with van der Waals surface area (Å²) in [7, 11) is 0.